The Morgan fingerprint density at radius 2 is 2.43 bits per heavy atom. The van der Waals surface area contributed by atoms with E-state index < -0.39 is 18.9 Å². The van der Waals surface area contributed by atoms with Crippen molar-refractivity contribution in [1.29, 1.82) is 0 Å². The molecule has 0 atom stereocenters. The van der Waals surface area contributed by atoms with Crippen molar-refractivity contribution in [3.8, 4) is 0 Å². The van der Waals surface area contributed by atoms with Crippen LogP contribution in [0.4, 0.5) is 8.78 Å². The van der Waals surface area contributed by atoms with Crippen LogP contribution in [0.2, 0.25) is 0 Å². The van der Waals surface area contributed by atoms with Gasteiger partial charge in [0.05, 0.1) is 7.11 Å². The van der Waals surface area contributed by atoms with Gasteiger partial charge < -0.3 is 4.74 Å². The highest BCUT2D eigenvalue weighted by Gasteiger charge is 2.15. The number of hydrogen-bond acceptors (Lipinski definition) is 3. The van der Waals surface area contributed by atoms with Crippen molar-refractivity contribution in [2.75, 3.05) is 7.11 Å². The Bertz CT molecular complexity index is 340. The van der Waals surface area contributed by atoms with Gasteiger partial charge in [0.25, 0.3) is 6.43 Å². The second-order valence-corrected chi connectivity index (χ2v) is 3.52. The van der Waals surface area contributed by atoms with Gasteiger partial charge in [-0.05, 0) is 22.6 Å². The Balaban J connectivity index is 2.87. The van der Waals surface area contributed by atoms with Crippen molar-refractivity contribution < 1.29 is 18.3 Å². The number of esters is 1. The molecule has 0 aliphatic rings. The molecule has 0 saturated heterocycles. The number of methoxy groups -OCH3 is 1. The Kier molecular flexibility index (Phi) is 3.78. The monoisotopic (exact) mass is 316 g/mol. The summed E-state index contributed by atoms with van der Waals surface area (Å²) in [7, 11) is 1.21. The molecular formula is C7H7F2IN2O2. The first kappa shape index (κ1) is 11.3. The average molecular weight is 316 g/mol. The average Bonchev–Trinajstić information content (AvgIpc) is 2.46. The SMILES string of the molecule is COC(=O)c1cc(I)n(CC(F)F)n1. The Morgan fingerprint density at radius 1 is 1.79 bits per heavy atom. The zero-order chi connectivity index (χ0) is 10.7. The predicted octanol–water partition coefficient (Wildman–Crippen LogP) is 1.54. The van der Waals surface area contributed by atoms with Crippen LogP contribution in [-0.4, -0.2) is 29.3 Å². The molecule has 4 nitrogen and oxygen atoms in total. The van der Waals surface area contributed by atoms with Gasteiger partial charge in [-0.25, -0.2) is 13.6 Å². The van der Waals surface area contributed by atoms with Gasteiger partial charge >= 0.3 is 5.97 Å². The van der Waals surface area contributed by atoms with Crippen LogP contribution in [0.5, 0.6) is 0 Å². The number of nitrogens with zero attached hydrogens (tertiary/aromatic N) is 2. The van der Waals surface area contributed by atoms with Gasteiger partial charge in [-0.3, -0.25) is 4.68 Å². The number of halogens is 3. The van der Waals surface area contributed by atoms with E-state index in [0.29, 0.717) is 3.70 Å². The summed E-state index contributed by atoms with van der Waals surface area (Å²) in [6.45, 7) is -0.519. The Morgan fingerprint density at radius 3 is 2.93 bits per heavy atom. The van der Waals surface area contributed by atoms with Crippen molar-refractivity contribution in [2.24, 2.45) is 0 Å². The molecule has 0 saturated carbocycles. The van der Waals surface area contributed by atoms with Crippen LogP contribution in [0.1, 0.15) is 10.5 Å². The number of carbonyl (C=O) groups excluding carboxylic acids is 1. The second kappa shape index (κ2) is 4.67. The van der Waals surface area contributed by atoms with E-state index in [1.807, 2.05) is 22.6 Å². The third-order valence-electron chi connectivity index (χ3n) is 1.44. The van der Waals surface area contributed by atoms with Crippen molar-refractivity contribution in [1.82, 2.24) is 9.78 Å². The van der Waals surface area contributed by atoms with Gasteiger partial charge in [0.15, 0.2) is 5.69 Å². The van der Waals surface area contributed by atoms with Crippen molar-refractivity contribution >= 4 is 28.6 Å². The number of hydrogen-bond donors (Lipinski definition) is 0. The minimum atomic E-state index is -2.49. The van der Waals surface area contributed by atoms with Crippen LogP contribution in [0.25, 0.3) is 0 Å². The van der Waals surface area contributed by atoms with Gasteiger partial charge in [-0.2, -0.15) is 5.10 Å². The summed E-state index contributed by atoms with van der Waals surface area (Å²) in [4.78, 5) is 11.0. The maximum Gasteiger partial charge on any atom is 0.358 e. The Labute approximate surface area is 92.4 Å². The fourth-order valence-electron chi connectivity index (χ4n) is 0.857. The lowest BCUT2D eigenvalue weighted by Crippen LogP contribution is -2.11. The van der Waals surface area contributed by atoms with Crippen LogP contribution in [-0.2, 0) is 11.3 Å². The summed E-state index contributed by atoms with van der Waals surface area (Å²) in [6.07, 6.45) is -2.49. The number of carbonyl (C=O) groups is 1. The summed E-state index contributed by atoms with van der Waals surface area (Å²) in [5.41, 5.74) is 0.0394. The number of alkyl halides is 2. The zero-order valence-electron chi connectivity index (χ0n) is 7.21. The van der Waals surface area contributed by atoms with Crippen LogP contribution in [0, 0.1) is 3.70 Å². The lowest BCUT2D eigenvalue weighted by Gasteiger charge is -2.00. The molecule has 0 N–H and O–H groups in total. The topological polar surface area (TPSA) is 44.1 Å². The molecule has 0 unspecified atom stereocenters. The molecule has 14 heavy (non-hydrogen) atoms. The molecule has 78 valence electrons. The van der Waals surface area contributed by atoms with Crippen LogP contribution < -0.4 is 0 Å². The highest BCUT2D eigenvalue weighted by atomic mass is 127. The van der Waals surface area contributed by atoms with E-state index in [2.05, 4.69) is 9.84 Å². The van der Waals surface area contributed by atoms with E-state index in [0.717, 1.165) is 4.68 Å². The standard InChI is InChI=1S/C7H7F2IN2O2/c1-14-7(13)4-2-6(10)12(11-4)3-5(8)9/h2,5H,3H2,1H3. The Hall–Kier alpha value is -0.730. The number of ether oxygens (including phenoxy) is 1. The normalized spacial score (nSPS) is 10.6. The second-order valence-electron chi connectivity index (χ2n) is 2.42. The molecule has 7 heteroatoms. The van der Waals surface area contributed by atoms with Crippen LogP contribution in [0.3, 0.4) is 0 Å². The highest BCUT2D eigenvalue weighted by Crippen LogP contribution is 2.10. The molecule has 0 spiro atoms. The molecule has 0 fully saturated rings. The zero-order valence-corrected chi connectivity index (χ0v) is 9.36. The molecular weight excluding hydrogens is 309 g/mol. The summed E-state index contributed by atoms with van der Waals surface area (Å²) in [6, 6.07) is 1.40. The first-order valence-corrected chi connectivity index (χ1v) is 4.72. The van der Waals surface area contributed by atoms with Gasteiger partial charge in [-0.15, -0.1) is 0 Å². The molecule has 1 heterocycles. The van der Waals surface area contributed by atoms with E-state index in [1.165, 1.54) is 13.2 Å². The molecule has 1 aromatic heterocycles. The molecule has 0 radical (unpaired) electrons. The molecule has 0 bridgehead atoms. The molecule has 0 aromatic carbocycles. The van der Waals surface area contributed by atoms with E-state index in [1.54, 1.807) is 0 Å². The smallest absolute Gasteiger partial charge is 0.358 e. The van der Waals surface area contributed by atoms with Crippen LogP contribution >= 0.6 is 22.6 Å². The maximum atomic E-state index is 12.0. The van der Waals surface area contributed by atoms with Crippen LogP contribution in [0.15, 0.2) is 6.07 Å². The number of rotatable bonds is 3. The van der Waals surface area contributed by atoms with Crippen molar-refractivity contribution in [2.45, 2.75) is 13.0 Å². The van der Waals surface area contributed by atoms with Gasteiger partial charge in [-0.1, -0.05) is 0 Å². The van der Waals surface area contributed by atoms with E-state index >= 15 is 0 Å². The molecule has 1 aromatic rings. The summed E-state index contributed by atoms with van der Waals surface area (Å²) < 4.78 is 30.0. The third-order valence-corrected chi connectivity index (χ3v) is 2.30. The summed E-state index contributed by atoms with van der Waals surface area (Å²) in [5, 5.41) is 3.68. The molecule has 1 rings (SSSR count). The minimum absolute atomic E-state index is 0.0394. The van der Waals surface area contributed by atoms with E-state index in [-0.39, 0.29) is 5.69 Å². The fraction of sp³-hybridized carbons (Fsp3) is 0.429. The van der Waals surface area contributed by atoms with E-state index in [9.17, 15) is 13.6 Å². The van der Waals surface area contributed by atoms with E-state index in [4.69, 9.17) is 0 Å². The predicted molar refractivity (Wildman–Crippen MR) is 52.3 cm³/mol. The van der Waals surface area contributed by atoms with Crippen molar-refractivity contribution in [3.05, 3.63) is 15.5 Å². The van der Waals surface area contributed by atoms with Gasteiger partial charge in [0, 0.05) is 6.07 Å². The largest absolute Gasteiger partial charge is 0.464 e. The summed E-state index contributed by atoms with van der Waals surface area (Å²) >= 11 is 1.82. The third kappa shape index (κ3) is 2.63. The first-order chi connectivity index (χ1) is 6.54. The fourth-order valence-corrected chi connectivity index (χ4v) is 1.46. The quantitative estimate of drug-likeness (QED) is 0.628. The van der Waals surface area contributed by atoms with Gasteiger partial charge in [0.2, 0.25) is 0 Å². The molecule has 0 aliphatic heterocycles. The lowest BCUT2D eigenvalue weighted by atomic mass is 10.4. The minimum Gasteiger partial charge on any atom is -0.464 e. The lowest BCUT2D eigenvalue weighted by molar-refractivity contribution is 0.0590. The molecule has 0 aliphatic carbocycles. The van der Waals surface area contributed by atoms with Gasteiger partial charge in [0.1, 0.15) is 10.2 Å². The highest BCUT2D eigenvalue weighted by molar-refractivity contribution is 14.1. The molecule has 0 amide bonds. The maximum absolute atomic E-state index is 12.0. The number of aromatic nitrogens is 2. The van der Waals surface area contributed by atoms with Crippen molar-refractivity contribution in [3.63, 3.8) is 0 Å². The summed E-state index contributed by atoms with van der Waals surface area (Å²) in [5.74, 6) is -0.629. The first-order valence-electron chi connectivity index (χ1n) is 3.64.